The zero-order valence-electron chi connectivity index (χ0n) is 17.8. The summed E-state index contributed by atoms with van der Waals surface area (Å²) in [7, 11) is 0. The second-order valence-electron chi connectivity index (χ2n) is 9.01. The molecule has 0 amide bonds. The Morgan fingerprint density at radius 3 is 2.52 bits per heavy atom. The summed E-state index contributed by atoms with van der Waals surface area (Å²) >= 11 is 0. The average molecular weight is 412 g/mol. The van der Waals surface area contributed by atoms with E-state index in [-0.39, 0.29) is 5.92 Å². The van der Waals surface area contributed by atoms with Crippen molar-refractivity contribution in [3.05, 3.63) is 95.1 Å². The molecule has 1 aliphatic carbocycles. The van der Waals surface area contributed by atoms with Crippen LogP contribution in [0.25, 0.3) is 0 Å². The molecule has 3 aromatic carbocycles. The molecule has 1 fully saturated rings. The van der Waals surface area contributed by atoms with Crippen molar-refractivity contribution in [3.8, 4) is 5.75 Å². The number of phenolic OH excluding ortho intramolecular Hbond substituents is 1. The molecule has 0 radical (unpaired) electrons. The zero-order chi connectivity index (χ0) is 21.2. The molecule has 3 atom stereocenters. The number of hydrogen-bond donors (Lipinski definition) is 1. The molecule has 0 aromatic heterocycles. The van der Waals surface area contributed by atoms with E-state index in [0.29, 0.717) is 24.0 Å². The van der Waals surface area contributed by atoms with E-state index < -0.39 is 0 Å². The molecular formula is C28H29NO2. The van der Waals surface area contributed by atoms with Crippen LogP contribution in [0.3, 0.4) is 0 Å². The number of nitrogens with zero attached hydrogens (tertiary/aromatic N) is 1. The van der Waals surface area contributed by atoms with Crippen molar-refractivity contribution < 1.29 is 9.90 Å². The number of anilines is 1. The standard InChI is InChI=1S/C28H29NO2/c30-17-15-20-14-16-29(19-20)24-9-6-22(7-10-24)28-26(21-4-2-1-3-5-21)12-8-23-18-25(31)11-13-27(23)28/h1-7,9-11,13,17-18,20,26,28,31H,8,12,14-16,19H2/t20?,26-,28+/m1/s1. The quantitative estimate of drug-likeness (QED) is 0.550. The molecule has 2 aliphatic rings. The zero-order valence-corrected chi connectivity index (χ0v) is 17.8. The molecule has 1 saturated heterocycles. The first-order valence-corrected chi connectivity index (χ1v) is 11.4. The summed E-state index contributed by atoms with van der Waals surface area (Å²) in [5, 5.41) is 10.0. The predicted octanol–water partition coefficient (Wildman–Crippen LogP) is 5.67. The van der Waals surface area contributed by atoms with Gasteiger partial charge in [0.1, 0.15) is 12.0 Å². The number of phenols is 1. The van der Waals surface area contributed by atoms with Gasteiger partial charge < -0.3 is 14.8 Å². The Labute approximate surface area is 184 Å². The largest absolute Gasteiger partial charge is 0.508 e. The van der Waals surface area contributed by atoms with Crippen LogP contribution in [-0.2, 0) is 11.2 Å². The second kappa shape index (κ2) is 8.58. The Balaban J connectivity index is 1.48. The van der Waals surface area contributed by atoms with Gasteiger partial charge in [-0.2, -0.15) is 0 Å². The fourth-order valence-corrected chi connectivity index (χ4v) is 5.57. The van der Waals surface area contributed by atoms with Crippen LogP contribution in [0.5, 0.6) is 5.75 Å². The van der Waals surface area contributed by atoms with E-state index >= 15 is 0 Å². The number of hydrogen-bond acceptors (Lipinski definition) is 3. The van der Waals surface area contributed by atoms with Gasteiger partial charge in [-0.3, -0.25) is 0 Å². The van der Waals surface area contributed by atoms with E-state index in [0.717, 1.165) is 38.6 Å². The molecule has 0 bridgehead atoms. The number of aldehydes is 1. The highest BCUT2D eigenvalue weighted by atomic mass is 16.3. The Morgan fingerprint density at radius 2 is 1.74 bits per heavy atom. The number of benzene rings is 3. The van der Waals surface area contributed by atoms with E-state index in [4.69, 9.17) is 0 Å². The molecule has 158 valence electrons. The number of carbonyl (C=O) groups is 1. The summed E-state index contributed by atoms with van der Waals surface area (Å²) in [4.78, 5) is 13.3. The van der Waals surface area contributed by atoms with Gasteiger partial charge in [-0.05, 0) is 77.6 Å². The van der Waals surface area contributed by atoms with Crippen LogP contribution < -0.4 is 4.90 Å². The minimum atomic E-state index is 0.280. The maximum Gasteiger partial charge on any atom is 0.120 e. The van der Waals surface area contributed by atoms with E-state index in [9.17, 15) is 9.90 Å². The first-order chi connectivity index (χ1) is 15.2. The van der Waals surface area contributed by atoms with Crippen molar-refractivity contribution in [1.29, 1.82) is 0 Å². The maximum atomic E-state index is 10.9. The third-order valence-electron chi connectivity index (χ3n) is 7.15. The van der Waals surface area contributed by atoms with Crippen LogP contribution in [0.4, 0.5) is 5.69 Å². The van der Waals surface area contributed by atoms with Crippen molar-refractivity contribution >= 4 is 12.0 Å². The van der Waals surface area contributed by atoms with Crippen LogP contribution in [0, 0.1) is 5.92 Å². The molecule has 5 rings (SSSR count). The Bertz CT molecular complexity index is 1040. The smallest absolute Gasteiger partial charge is 0.120 e. The van der Waals surface area contributed by atoms with Crippen molar-refractivity contribution in [2.45, 2.75) is 37.5 Å². The molecule has 1 N–H and O–H groups in total. The SMILES string of the molecule is O=CCC1CCN(c2ccc([C@@H]3c4ccc(O)cc4CC[C@@H]3c3ccccc3)cc2)C1. The lowest BCUT2D eigenvalue weighted by atomic mass is 9.69. The van der Waals surface area contributed by atoms with Crippen LogP contribution in [0.2, 0.25) is 0 Å². The molecule has 1 heterocycles. The van der Waals surface area contributed by atoms with Gasteiger partial charge in [-0.1, -0.05) is 48.5 Å². The molecule has 3 heteroatoms. The lowest BCUT2D eigenvalue weighted by Gasteiger charge is -2.35. The number of aryl methyl sites for hydroxylation is 1. The van der Waals surface area contributed by atoms with Gasteiger partial charge in [-0.15, -0.1) is 0 Å². The molecule has 31 heavy (non-hydrogen) atoms. The lowest BCUT2D eigenvalue weighted by Crippen LogP contribution is -2.21. The van der Waals surface area contributed by atoms with Crippen molar-refractivity contribution in [2.75, 3.05) is 18.0 Å². The Morgan fingerprint density at radius 1 is 0.935 bits per heavy atom. The van der Waals surface area contributed by atoms with Crippen molar-refractivity contribution in [1.82, 2.24) is 0 Å². The minimum absolute atomic E-state index is 0.280. The molecule has 3 nitrogen and oxygen atoms in total. The van der Waals surface area contributed by atoms with Crippen LogP contribution in [0.1, 0.15) is 53.4 Å². The first-order valence-electron chi connectivity index (χ1n) is 11.4. The monoisotopic (exact) mass is 411 g/mol. The Hall–Kier alpha value is -3.07. The highest BCUT2D eigenvalue weighted by molar-refractivity contribution is 5.54. The van der Waals surface area contributed by atoms with Crippen molar-refractivity contribution in [3.63, 3.8) is 0 Å². The van der Waals surface area contributed by atoms with Gasteiger partial charge >= 0.3 is 0 Å². The van der Waals surface area contributed by atoms with E-state index in [2.05, 4.69) is 65.6 Å². The fraction of sp³-hybridized carbons (Fsp3) is 0.321. The maximum absolute atomic E-state index is 10.9. The van der Waals surface area contributed by atoms with Gasteiger partial charge in [0.25, 0.3) is 0 Å². The van der Waals surface area contributed by atoms with Gasteiger partial charge in [0.05, 0.1) is 0 Å². The summed E-state index contributed by atoms with van der Waals surface area (Å²) in [5.41, 5.74) is 6.55. The van der Waals surface area contributed by atoms with Crippen LogP contribution >= 0.6 is 0 Å². The van der Waals surface area contributed by atoms with E-state index in [1.54, 1.807) is 0 Å². The van der Waals surface area contributed by atoms with E-state index in [1.807, 2.05) is 12.1 Å². The number of fused-ring (bicyclic) bond motifs is 1. The summed E-state index contributed by atoms with van der Waals surface area (Å²) in [5.74, 6) is 1.54. The van der Waals surface area contributed by atoms with E-state index in [1.165, 1.54) is 27.9 Å². The topological polar surface area (TPSA) is 40.5 Å². The molecule has 1 unspecified atom stereocenters. The average Bonchev–Trinajstić information content (AvgIpc) is 3.28. The highest BCUT2D eigenvalue weighted by Crippen LogP contribution is 2.47. The van der Waals surface area contributed by atoms with Gasteiger partial charge in [0.15, 0.2) is 0 Å². The summed E-state index contributed by atoms with van der Waals surface area (Å²) < 4.78 is 0. The summed E-state index contributed by atoms with van der Waals surface area (Å²) in [6.45, 7) is 1.99. The second-order valence-corrected chi connectivity index (χ2v) is 9.01. The molecule has 0 saturated carbocycles. The minimum Gasteiger partial charge on any atom is -0.508 e. The number of aromatic hydroxyl groups is 1. The van der Waals surface area contributed by atoms with Crippen LogP contribution in [0.15, 0.2) is 72.8 Å². The van der Waals surface area contributed by atoms with Gasteiger partial charge in [-0.25, -0.2) is 0 Å². The first kappa shape index (κ1) is 19.9. The Kier molecular flexibility index (Phi) is 5.50. The summed E-state index contributed by atoms with van der Waals surface area (Å²) in [6.07, 6.45) is 4.88. The number of rotatable bonds is 5. The fourth-order valence-electron chi connectivity index (χ4n) is 5.57. The normalized spacial score (nSPS) is 22.8. The molecule has 0 spiro atoms. The highest BCUT2D eigenvalue weighted by Gasteiger charge is 2.32. The van der Waals surface area contributed by atoms with Crippen LogP contribution in [-0.4, -0.2) is 24.5 Å². The third-order valence-corrected chi connectivity index (χ3v) is 7.15. The molecule has 3 aromatic rings. The van der Waals surface area contributed by atoms with Gasteiger partial charge in [0, 0.05) is 31.1 Å². The lowest BCUT2D eigenvalue weighted by molar-refractivity contribution is -0.108. The third kappa shape index (κ3) is 3.97. The summed E-state index contributed by atoms with van der Waals surface area (Å²) in [6, 6.07) is 25.8. The number of carbonyl (C=O) groups excluding carboxylic acids is 1. The van der Waals surface area contributed by atoms with Gasteiger partial charge in [0.2, 0.25) is 0 Å². The predicted molar refractivity (Wildman–Crippen MR) is 125 cm³/mol. The molecular weight excluding hydrogens is 382 g/mol. The molecule has 1 aliphatic heterocycles. The van der Waals surface area contributed by atoms with Crippen molar-refractivity contribution in [2.24, 2.45) is 5.92 Å².